The van der Waals surface area contributed by atoms with Crippen molar-refractivity contribution in [1.29, 1.82) is 0 Å². The summed E-state index contributed by atoms with van der Waals surface area (Å²) in [5, 5.41) is 3.16. The van der Waals surface area contributed by atoms with Crippen molar-refractivity contribution in [1.82, 2.24) is 9.97 Å². The van der Waals surface area contributed by atoms with E-state index in [0.29, 0.717) is 17.1 Å². The van der Waals surface area contributed by atoms with E-state index >= 15 is 0 Å². The maximum atomic E-state index is 12.1. The number of benzene rings is 1. The van der Waals surface area contributed by atoms with Gasteiger partial charge in [0.1, 0.15) is 27.0 Å². The first kappa shape index (κ1) is 18.6. The number of hydrogen-bond acceptors (Lipinski definition) is 7. The molecular weight excluding hydrogens is 404 g/mol. The van der Waals surface area contributed by atoms with Crippen molar-refractivity contribution in [2.75, 3.05) is 7.11 Å². The third-order valence-electron chi connectivity index (χ3n) is 5.30. The first-order chi connectivity index (χ1) is 14.1. The Morgan fingerprint density at radius 3 is 2.93 bits per heavy atom. The number of fused-ring (bicyclic) bond motifs is 4. The molecule has 0 fully saturated rings. The maximum Gasteiger partial charge on any atom is 0.336 e. The van der Waals surface area contributed by atoms with E-state index in [0.717, 1.165) is 39.5 Å². The lowest BCUT2D eigenvalue weighted by Gasteiger charge is -2.12. The van der Waals surface area contributed by atoms with E-state index in [4.69, 9.17) is 19.1 Å². The van der Waals surface area contributed by atoms with Gasteiger partial charge in [-0.3, -0.25) is 0 Å². The second kappa shape index (κ2) is 7.46. The first-order valence-electron chi connectivity index (χ1n) is 9.65. The van der Waals surface area contributed by atoms with Gasteiger partial charge in [-0.2, -0.15) is 0 Å². The molecule has 0 spiro atoms. The zero-order valence-electron chi connectivity index (χ0n) is 16.3. The quantitative estimate of drug-likeness (QED) is 0.252. The van der Waals surface area contributed by atoms with Gasteiger partial charge in [0.25, 0.3) is 0 Å². The Morgan fingerprint density at radius 2 is 2.07 bits per heavy atom. The third kappa shape index (κ3) is 3.42. The van der Waals surface area contributed by atoms with Crippen molar-refractivity contribution in [3.8, 4) is 5.75 Å². The SMILES string of the molecule is COc1ccc2c(CSc3nc(C)nc4sc5c(c34)CCCC5)cc(=O)oc2c1. The summed E-state index contributed by atoms with van der Waals surface area (Å²) >= 11 is 3.49. The van der Waals surface area contributed by atoms with Gasteiger partial charge in [0.05, 0.1) is 7.11 Å². The number of aryl methyl sites for hydroxylation is 3. The minimum Gasteiger partial charge on any atom is -0.497 e. The number of ether oxygens (including phenoxy) is 1. The average Bonchev–Trinajstić information content (AvgIpc) is 3.09. The zero-order chi connectivity index (χ0) is 20.0. The molecule has 4 aromatic rings. The van der Waals surface area contributed by atoms with Crippen molar-refractivity contribution in [3.05, 3.63) is 56.5 Å². The minimum absolute atomic E-state index is 0.349. The number of aromatic nitrogens is 2. The predicted octanol–water partition coefficient (Wildman–Crippen LogP) is 5.29. The van der Waals surface area contributed by atoms with E-state index in [1.54, 1.807) is 31.0 Å². The summed E-state index contributed by atoms with van der Waals surface area (Å²) in [5.74, 6) is 2.11. The van der Waals surface area contributed by atoms with Crippen LogP contribution in [0.15, 0.2) is 38.5 Å². The second-order valence-corrected chi connectivity index (χ2v) is 9.26. The normalized spacial score (nSPS) is 13.7. The Kier molecular flexibility index (Phi) is 4.80. The fourth-order valence-electron chi connectivity index (χ4n) is 3.93. The number of methoxy groups -OCH3 is 1. The van der Waals surface area contributed by atoms with Crippen LogP contribution in [0.25, 0.3) is 21.2 Å². The van der Waals surface area contributed by atoms with Crippen molar-refractivity contribution in [3.63, 3.8) is 0 Å². The molecule has 0 N–H and O–H groups in total. The van der Waals surface area contributed by atoms with Crippen molar-refractivity contribution >= 4 is 44.3 Å². The van der Waals surface area contributed by atoms with Crippen molar-refractivity contribution < 1.29 is 9.15 Å². The molecule has 1 aliphatic rings. The van der Waals surface area contributed by atoms with Gasteiger partial charge in [-0.25, -0.2) is 14.8 Å². The summed E-state index contributed by atoms with van der Waals surface area (Å²) in [6.07, 6.45) is 4.73. The molecule has 1 aromatic carbocycles. The lowest BCUT2D eigenvalue weighted by atomic mass is 9.97. The Bertz CT molecular complexity index is 1290. The summed E-state index contributed by atoms with van der Waals surface area (Å²) in [5.41, 5.74) is 2.57. The van der Waals surface area contributed by atoms with Crippen LogP contribution in [-0.2, 0) is 18.6 Å². The number of nitrogens with zero attached hydrogens (tertiary/aromatic N) is 2. The van der Waals surface area contributed by atoms with Gasteiger partial charge in [0.2, 0.25) is 0 Å². The topological polar surface area (TPSA) is 65.2 Å². The van der Waals surface area contributed by atoms with Gasteiger partial charge in [0, 0.05) is 33.5 Å². The van der Waals surface area contributed by atoms with Crippen LogP contribution in [0.3, 0.4) is 0 Å². The van der Waals surface area contributed by atoms with Gasteiger partial charge in [-0.15, -0.1) is 23.1 Å². The van der Waals surface area contributed by atoms with Crippen LogP contribution in [0.4, 0.5) is 0 Å². The van der Waals surface area contributed by atoms with Crippen LogP contribution >= 0.6 is 23.1 Å². The lowest BCUT2D eigenvalue weighted by Crippen LogP contribution is -2.01. The number of thioether (sulfide) groups is 1. The number of thiophene rings is 1. The number of hydrogen-bond donors (Lipinski definition) is 0. The number of rotatable bonds is 4. The van der Waals surface area contributed by atoms with Crippen LogP contribution in [0.2, 0.25) is 0 Å². The van der Waals surface area contributed by atoms with Crippen LogP contribution < -0.4 is 10.4 Å². The lowest BCUT2D eigenvalue weighted by molar-refractivity contribution is 0.414. The van der Waals surface area contributed by atoms with Crippen LogP contribution in [0.1, 0.15) is 34.7 Å². The molecule has 0 aliphatic heterocycles. The van der Waals surface area contributed by atoms with Crippen molar-refractivity contribution in [2.45, 2.75) is 43.4 Å². The van der Waals surface area contributed by atoms with Gasteiger partial charge in [-0.1, -0.05) is 0 Å². The zero-order valence-corrected chi connectivity index (χ0v) is 17.9. The highest BCUT2D eigenvalue weighted by Gasteiger charge is 2.21. The molecule has 148 valence electrons. The average molecular weight is 425 g/mol. The highest BCUT2D eigenvalue weighted by molar-refractivity contribution is 7.98. The Morgan fingerprint density at radius 1 is 1.21 bits per heavy atom. The Labute approximate surface area is 176 Å². The molecule has 0 amide bonds. The van der Waals surface area contributed by atoms with Crippen LogP contribution in [0.5, 0.6) is 5.75 Å². The minimum atomic E-state index is -0.349. The summed E-state index contributed by atoms with van der Waals surface area (Å²) in [6.45, 7) is 1.95. The van der Waals surface area contributed by atoms with E-state index in [2.05, 4.69) is 0 Å². The standard InChI is InChI=1S/C22H20N2O3S2/c1-12-23-21(20-16-5-3-4-6-18(16)29-22(20)24-12)28-11-13-9-19(25)27-17-10-14(26-2)7-8-15(13)17/h7-10H,3-6,11H2,1-2H3. The van der Waals surface area contributed by atoms with Crippen LogP contribution in [0, 0.1) is 6.92 Å². The molecule has 0 saturated carbocycles. The molecular formula is C22H20N2O3S2. The Balaban J connectivity index is 1.56. The molecule has 7 heteroatoms. The van der Waals surface area contributed by atoms with Gasteiger partial charge in [0.15, 0.2) is 0 Å². The largest absolute Gasteiger partial charge is 0.497 e. The second-order valence-electron chi connectivity index (χ2n) is 7.21. The molecule has 5 nitrogen and oxygen atoms in total. The van der Waals surface area contributed by atoms with E-state index in [-0.39, 0.29) is 5.63 Å². The molecule has 3 aromatic heterocycles. The van der Waals surface area contributed by atoms with Crippen molar-refractivity contribution in [2.24, 2.45) is 0 Å². The van der Waals surface area contributed by atoms with E-state index in [9.17, 15) is 4.79 Å². The van der Waals surface area contributed by atoms with Gasteiger partial charge < -0.3 is 9.15 Å². The van der Waals surface area contributed by atoms with E-state index in [1.807, 2.05) is 30.4 Å². The molecule has 29 heavy (non-hydrogen) atoms. The molecule has 1 aliphatic carbocycles. The summed E-state index contributed by atoms with van der Waals surface area (Å²) in [4.78, 5) is 24.1. The fraction of sp³-hybridized carbons (Fsp3) is 0.318. The summed E-state index contributed by atoms with van der Waals surface area (Å²) in [6, 6.07) is 7.17. The highest BCUT2D eigenvalue weighted by atomic mass is 32.2. The van der Waals surface area contributed by atoms with E-state index < -0.39 is 0 Å². The predicted molar refractivity (Wildman–Crippen MR) is 117 cm³/mol. The smallest absolute Gasteiger partial charge is 0.336 e. The van der Waals surface area contributed by atoms with Crippen LogP contribution in [-0.4, -0.2) is 17.1 Å². The maximum absolute atomic E-state index is 12.1. The third-order valence-corrected chi connectivity index (χ3v) is 7.50. The summed E-state index contributed by atoms with van der Waals surface area (Å²) in [7, 11) is 1.60. The highest BCUT2D eigenvalue weighted by Crippen LogP contribution is 2.40. The molecule has 0 unspecified atom stereocenters. The fourth-order valence-corrected chi connectivity index (χ4v) is 6.40. The molecule has 5 rings (SSSR count). The van der Waals surface area contributed by atoms with E-state index in [1.165, 1.54) is 28.7 Å². The molecule has 0 radical (unpaired) electrons. The molecule has 0 bridgehead atoms. The summed E-state index contributed by atoms with van der Waals surface area (Å²) < 4.78 is 10.6. The monoisotopic (exact) mass is 424 g/mol. The molecule has 0 atom stereocenters. The molecule has 3 heterocycles. The van der Waals surface area contributed by atoms with Gasteiger partial charge >= 0.3 is 5.63 Å². The Hall–Kier alpha value is -2.38. The molecule has 0 saturated heterocycles. The van der Waals surface area contributed by atoms with Gasteiger partial charge in [-0.05, 0) is 55.9 Å². The first-order valence-corrected chi connectivity index (χ1v) is 11.4.